The Labute approximate surface area is 123 Å². The molecule has 108 valence electrons. The van der Waals surface area contributed by atoms with Crippen LogP contribution in [0, 0.1) is 0 Å². The lowest BCUT2D eigenvalue weighted by molar-refractivity contribution is 0.104. The Morgan fingerprint density at radius 3 is 2.48 bits per heavy atom. The third kappa shape index (κ3) is 3.23. The van der Waals surface area contributed by atoms with Gasteiger partial charge < -0.3 is 14.6 Å². The molecule has 0 heterocycles. The summed E-state index contributed by atoms with van der Waals surface area (Å²) in [5.74, 6) is 0.832. The number of hydrogen-bond donors (Lipinski definition) is 1. The highest BCUT2D eigenvalue weighted by atomic mass is 16.5. The molecule has 0 saturated carbocycles. The number of rotatable bonds is 5. The molecule has 1 N–H and O–H groups in total. The first kappa shape index (κ1) is 14.7. The maximum atomic E-state index is 12.1. The van der Waals surface area contributed by atoms with Gasteiger partial charge in [0, 0.05) is 5.56 Å². The zero-order valence-electron chi connectivity index (χ0n) is 11.9. The Balaban J connectivity index is 2.30. The maximum absolute atomic E-state index is 12.1. The smallest absolute Gasteiger partial charge is 0.189 e. The molecule has 0 atom stereocenters. The number of benzene rings is 2. The van der Waals surface area contributed by atoms with Crippen LogP contribution in [0.4, 0.5) is 0 Å². The van der Waals surface area contributed by atoms with Crippen molar-refractivity contribution in [1.82, 2.24) is 0 Å². The third-order valence-corrected chi connectivity index (χ3v) is 3.02. The van der Waals surface area contributed by atoms with Crippen LogP contribution < -0.4 is 9.47 Å². The number of methoxy groups -OCH3 is 2. The molecule has 0 fully saturated rings. The van der Waals surface area contributed by atoms with Gasteiger partial charge in [-0.1, -0.05) is 24.3 Å². The Kier molecular flexibility index (Phi) is 4.61. The second kappa shape index (κ2) is 6.61. The second-order valence-electron chi connectivity index (χ2n) is 4.30. The average Bonchev–Trinajstić information content (AvgIpc) is 2.52. The van der Waals surface area contributed by atoms with Crippen LogP contribution in [0.2, 0.25) is 0 Å². The molecule has 0 saturated heterocycles. The molecule has 0 unspecified atom stereocenters. The van der Waals surface area contributed by atoms with E-state index in [9.17, 15) is 9.90 Å². The summed E-state index contributed by atoms with van der Waals surface area (Å²) in [4.78, 5) is 12.1. The molecular formula is C17H16O4. The number of phenolic OH excluding ortho intramolecular Hbond substituents is 1. The van der Waals surface area contributed by atoms with Gasteiger partial charge in [0.15, 0.2) is 17.3 Å². The normalized spacial score (nSPS) is 10.6. The number of carbonyl (C=O) groups is 1. The molecular weight excluding hydrogens is 268 g/mol. The molecule has 0 aliphatic rings. The van der Waals surface area contributed by atoms with Crippen LogP contribution in [-0.4, -0.2) is 25.1 Å². The summed E-state index contributed by atoms with van der Waals surface area (Å²) in [6, 6.07) is 11.8. The summed E-state index contributed by atoms with van der Waals surface area (Å²) in [7, 11) is 3.10. The Hall–Kier alpha value is -2.75. The largest absolute Gasteiger partial charge is 0.507 e. The van der Waals surface area contributed by atoms with Crippen molar-refractivity contribution in [2.24, 2.45) is 0 Å². The molecule has 4 nitrogen and oxygen atoms in total. The van der Waals surface area contributed by atoms with Gasteiger partial charge in [-0.25, -0.2) is 0 Å². The van der Waals surface area contributed by atoms with E-state index in [2.05, 4.69) is 0 Å². The number of ketones is 1. The average molecular weight is 284 g/mol. The lowest BCUT2D eigenvalue weighted by Gasteiger charge is -2.09. The van der Waals surface area contributed by atoms with E-state index < -0.39 is 0 Å². The Morgan fingerprint density at radius 2 is 1.81 bits per heavy atom. The fraction of sp³-hybridized carbons (Fsp3) is 0.118. The molecule has 21 heavy (non-hydrogen) atoms. The summed E-state index contributed by atoms with van der Waals surface area (Å²) >= 11 is 0. The maximum Gasteiger partial charge on any atom is 0.189 e. The van der Waals surface area contributed by atoms with Crippen molar-refractivity contribution in [3.05, 3.63) is 59.7 Å². The van der Waals surface area contributed by atoms with Crippen LogP contribution in [0.1, 0.15) is 15.9 Å². The number of para-hydroxylation sites is 2. The third-order valence-electron chi connectivity index (χ3n) is 3.02. The number of allylic oxidation sites excluding steroid dienone is 1. The van der Waals surface area contributed by atoms with E-state index in [1.807, 2.05) is 12.1 Å². The molecule has 0 spiro atoms. The van der Waals surface area contributed by atoms with Crippen LogP contribution in [0.3, 0.4) is 0 Å². The standard InChI is InChI=1S/C17H16O4/c1-20-16-9-5-6-12(17(16)21-2)10-11-15(19)13-7-3-4-8-14(13)18/h3-11,18H,1-2H3/b11-10-. The van der Waals surface area contributed by atoms with E-state index in [0.717, 1.165) is 5.56 Å². The van der Waals surface area contributed by atoms with Gasteiger partial charge in [0.25, 0.3) is 0 Å². The highest BCUT2D eigenvalue weighted by Gasteiger charge is 2.09. The molecule has 0 aliphatic heterocycles. The highest BCUT2D eigenvalue weighted by molar-refractivity contribution is 6.08. The van der Waals surface area contributed by atoms with Crippen molar-refractivity contribution in [3.8, 4) is 17.2 Å². The number of carbonyl (C=O) groups excluding carboxylic acids is 1. The summed E-state index contributed by atoms with van der Waals surface area (Å²) in [6.45, 7) is 0. The zero-order chi connectivity index (χ0) is 15.2. The first-order chi connectivity index (χ1) is 10.2. The minimum Gasteiger partial charge on any atom is -0.507 e. The zero-order valence-corrected chi connectivity index (χ0v) is 11.9. The fourth-order valence-electron chi connectivity index (χ4n) is 1.98. The summed E-state index contributed by atoms with van der Waals surface area (Å²) in [5.41, 5.74) is 0.983. The van der Waals surface area contributed by atoms with E-state index in [0.29, 0.717) is 11.5 Å². The van der Waals surface area contributed by atoms with Gasteiger partial charge in [0.05, 0.1) is 19.8 Å². The Bertz CT molecular complexity index is 674. The van der Waals surface area contributed by atoms with E-state index in [1.165, 1.54) is 12.1 Å². The van der Waals surface area contributed by atoms with Gasteiger partial charge >= 0.3 is 0 Å². The molecule has 0 amide bonds. The molecule has 0 radical (unpaired) electrons. The lowest BCUT2D eigenvalue weighted by atomic mass is 10.1. The predicted molar refractivity (Wildman–Crippen MR) is 81.0 cm³/mol. The van der Waals surface area contributed by atoms with Gasteiger partial charge in [-0.05, 0) is 30.4 Å². The van der Waals surface area contributed by atoms with Gasteiger partial charge in [0.2, 0.25) is 0 Å². The number of phenols is 1. The van der Waals surface area contributed by atoms with Gasteiger partial charge in [0.1, 0.15) is 5.75 Å². The van der Waals surface area contributed by atoms with Crippen molar-refractivity contribution < 1.29 is 19.4 Å². The molecule has 0 bridgehead atoms. The van der Waals surface area contributed by atoms with Gasteiger partial charge in [-0.3, -0.25) is 4.79 Å². The van der Waals surface area contributed by atoms with Crippen molar-refractivity contribution in [3.63, 3.8) is 0 Å². The van der Waals surface area contributed by atoms with Crippen LogP contribution in [0.25, 0.3) is 6.08 Å². The summed E-state index contributed by atoms with van der Waals surface area (Å²) in [6.07, 6.45) is 3.03. The van der Waals surface area contributed by atoms with Crippen LogP contribution in [0.15, 0.2) is 48.5 Å². The summed E-state index contributed by atoms with van der Waals surface area (Å²) in [5, 5.41) is 9.66. The first-order valence-electron chi connectivity index (χ1n) is 6.38. The van der Waals surface area contributed by atoms with E-state index in [-0.39, 0.29) is 17.1 Å². The fourth-order valence-corrected chi connectivity index (χ4v) is 1.98. The second-order valence-corrected chi connectivity index (χ2v) is 4.30. The van der Waals surface area contributed by atoms with Crippen LogP contribution >= 0.6 is 0 Å². The number of aromatic hydroxyl groups is 1. The number of ether oxygens (including phenoxy) is 2. The van der Waals surface area contributed by atoms with E-state index >= 15 is 0 Å². The number of hydrogen-bond acceptors (Lipinski definition) is 4. The minimum absolute atomic E-state index is 0.0373. The van der Waals surface area contributed by atoms with Crippen LogP contribution in [0.5, 0.6) is 17.2 Å². The van der Waals surface area contributed by atoms with Gasteiger partial charge in [-0.2, -0.15) is 0 Å². The molecule has 2 aromatic rings. The molecule has 2 rings (SSSR count). The molecule has 0 aliphatic carbocycles. The van der Waals surface area contributed by atoms with E-state index in [1.54, 1.807) is 44.6 Å². The Morgan fingerprint density at radius 1 is 1.05 bits per heavy atom. The lowest BCUT2D eigenvalue weighted by Crippen LogP contribution is -1.95. The van der Waals surface area contributed by atoms with Crippen molar-refractivity contribution in [2.45, 2.75) is 0 Å². The molecule has 4 heteroatoms. The monoisotopic (exact) mass is 284 g/mol. The van der Waals surface area contributed by atoms with Crippen molar-refractivity contribution in [2.75, 3.05) is 14.2 Å². The minimum atomic E-state index is -0.280. The molecule has 0 aromatic heterocycles. The predicted octanol–water partition coefficient (Wildman–Crippen LogP) is 3.31. The van der Waals surface area contributed by atoms with Crippen molar-refractivity contribution >= 4 is 11.9 Å². The summed E-state index contributed by atoms with van der Waals surface area (Å²) < 4.78 is 10.5. The first-order valence-corrected chi connectivity index (χ1v) is 6.38. The van der Waals surface area contributed by atoms with Gasteiger partial charge in [-0.15, -0.1) is 0 Å². The SMILES string of the molecule is COc1cccc(/C=C\C(=O)c2ccccc2O)c1OC. The van der Waals surface area contributed by atoms with Crippen LogP contribution in [-0.2, 0) is 0 Å². The quantitative estimate of drug-likeness (QED) is 0.676. The topological polar surface area (TPSA) is 55.8 Å². The molecule has 2 aromatic carbocycles. The van der Waals surface area contributed by atoms with Crippen molar-refractivity contribution in [1.29, 1.82) is 0 Å². The van der Waals surface area contributed by atoms with E-state index in [4.69, 9.17) is 9.47 Å². The highest BCUT2D eigenvalue weighted by Crippen LogP contribution is 2.31.